The van der Waals surface area contributed by atoms with Gasteiger partial charge in [-0.2, -0.15) is 0 Å². The van der Waals surface area contributed by atoms with Gasteiger partial charge in [-0.3, -0.25) is 10.1 Å². The maximum Gasteiger partial charge on any atom is 0.272 e. The van der Waals surface area contributed by atoms with Crippen molar-refractivity contribution in [3.05, 3.63) is 33.9 Å². The molecule has 2 rings (SSSR count). The fourth-order valence-corrected chi connectivity index (χ4v) is 4.86. The molecule has 3 N–H and O–H groups in total. The van der Waals surface area contributed by atoms with Crippen LogP contribution in [0.3, 0.4) is 0 Å². The molecule has 1 aliphatic rings. The minimum atomic E-state index is -3.78. The molecular formula is C15H24ClN3O4S. The van der Waals surface area contributed by atoms with Crippen molar-refractivity contribution in [2.45, 2.75) is 50.0 Å². The Hall–Kier alpha value is -1.22. The second-order valence-electron chi connectivity index (χ2n) is 6.32. The van der Waals surface area contributed by atoms with Gasteiger partial charge in [0, 0.05) is 23.7 Å². The van der Waals surface area contributed by atoms with Gasteiger partial charge in [0.25, 0.3) is 5.69 Å². The molecule has 0 aromatic heterocycles. The SMILES string of the molecule is Cc1cc(S(=O)(=O)NC2(CN)CCCCC2C)ccc1[N+](=O)[O-].Cl. The lowest BCUT2D eigenvalue weighted by Gasteiger charge is -2.42. The van der Waals surface area contributed by atoms with Gasteiger partial charge in [-0.05, 0) is 37.8 Å². The lowest BCUT2D eigenvalue weighted by molar-refractivity contribution is -0.385. The van der Waals surface area contributed by atoms with Crippen molar-refractivity contribution in [3.8, 4) is 0 Å². The summed E-state index contributed by atoms with van der Waals surface area (Å²) in [6.07, 6.45) is 3.64. The van der Waals surface area contributed by atoms with E-state index in [1.165, 1.54) is 25.1 Å². The molecule has 7 nitrogen and oxygen atoms in total. The van der Waals surface area contributed by atoms with Crippen molar-refractivity contribution in [3.63, 3.8) is 0 Å². The normalized spacial score (nSPS) is 24.2. The number of nitro groups is 1. The first-order valence-corrected chi connectivity index (χ1v) is 9.19. The molecule has 0 amide bonds. The Bertz CT molecular complexity index is 711. The van der Waals surface area contributed by atoms with Crippen molar-refractivity contribution < 1.29 is 13.3 Å². The van der Waals surface area contributed by atoms with Gasteiger partial charge in [-0.1, -0.05) is 19.8 Å². The van der Waals surface area contributed by atoms with E-state index in [-0.39, 0.29) is 35.5 Å². The summed E-state index contributed by atoms with van der Waals surface area (Å²) in [6.45, 7) is 3.77. The summed E-state index contributed by atoms with van der Waals surface area (Å²) in [5, 5.41) is 10.9. The zero-order chi connectivity index (χ0) is 17.3. The molecule has 0 bridgehead atoms. The summed E-state index contributed by atoms with van der Waals surface area (Å²) in [6, 6.07) is 3.83. The predicted octanol–water partition coefficient (Wildman–Crippen LogP) is 2.51. The lowest BCUT2D eigenvalue weighted by Crippen LogP contribution is -2.58. The first-order chi connectivity index (χ1) is 10.7. The summed E-state index contributed by atoms with van der Waals surface area (Å²) >= 11 is 0. The largest absolute Gasteiger partial charge is 0.329 e. The number of hydrogen-bond donors (Lipinski definition) is 2. The number of benzene rings is 1. The molecule has 1 aromatic rings. The highest BCUT2D eigenvalue weighted by atomic mass is 35.5. The van der Waals surface area contributed by atoms with E-state index in [0.29, 0.717) is 12.0 Å². The zero-order valence-corrected chi connectivity index (χ0v) is 15.5. The molecule has 136 valence electrons. The minimum Gasteiger partial charge on any atom is -0.329 e. The van der Waals surface area contributed by atoms with Gasteiger partial charge in [0.15, 0.2) is 0 Å². The molecule has 1 aromatic carbocycles. The molecule has 0 radical (unpaired) electrons. The number of nitrogens with zero attached hydrogens (tertiary/aromatic N) is 1. The number of sulfonamides is 1. The Morgan fingerprint density at radius 1 is 1.42 bits per heavy atom. The molecule has 1 fully saturated rings. The Morgan fingerprint density at radius 2 is 2.08 bits per heavy atom. The fourth-order valence-electron chi connectivity index (χ4n) is 3.24. The van der Waals surface area contributed by atoms with Crippen LogP contribution in [-0.4, -0.2) is 25.4 Å². The Morgan fingerprint density at radius 3 is 2.58 bits per heavy atom. The lowest BCUT2D eigenvalue weighted by atomic mass is 9.74. The van der Waals surface area contributed by atoms with Gasteiger partial charge in [-0.25, -0.2) is 13.1 Å². The van der Waals surface area contributed by atoms with Gasteiger partial charge >= 0.3 is 0 Å². The summed E-state index contributed by atoms with van der Waals surface area (Å²) in [7, 11) is -3.78. The molecule has 0 spiro atoms. The Balaban J connectivity index is 0.00000288. The van der Waals surface area contributed by atoms with Crippen molar-refractivity contribution in [1.82, 2.24) is 4.72 Å². The van der Waals surface area contributed by atoms with E-state index in [9.17, 15) is 18.5 Å². The van der Waals surface area contributed by atoms with Crippen LogP contribution in [0.1, 0.15) is 38.2 Å². The molecule has 2 atom stereocenters. The van der Waals surface area contributed by atoms with Gasteiger partial charge in [0.05, 0.1) is 9.82 Å². The quantitative estimate of drug-likeness (QED) is 0.604. The maximum absolute atomic E-state index is 12.7. The summed E-state index contributed by atoms with van der Waals surface area (Å²) in [4.78, 5) is 10.4. The average Bonchev–Trinajstić information content (AvgIpc) is 2.49. The van der Waals surface area contributed by atoms with Crippen LogP contribution in [0.5, 0.6) is 0 Å². The second kappa shape index (κ2) is 7.77. The summed E-state index contributed by atoms with van der Waals surface area (Å²) in [5.74, 6) is 0.148. The second-order valence-corrected chi connectivity index (χ2v) is 8.00. The molecule has 1 saturated carbocycles. The number of hydrogen-bond acceptors (Lipinski definition) is 5. The van der Waals surface area contributed by atoms with Crippen LogP contribution in [0.4, 0.5) is 5.69 Å². The number of nitro benzene ring substituents is 1. The highest BCUT2D eigenvalue weighted by Gasteiger charge is 2.40. The molecule has 0 saturated heterocycles. The fraction of sp³-hybridized carbons (Fsp3) is 0.600. The molecular weight excluding hydrogens is 354 g/mol. The number of rotatable bonds is 5. The first kappa shape index (κ1) is 20.8. The highest BCUT2D eigenvalue weighted by Crippen LogP contribution is 2.34. The minimum absolute atomic E-state index is 0. The van der Waals surface area contributed by atoms with Gasteiger partial charge in [-0.15, -0.1) is 12.4 Å². The van der Waals surface area contributed by atoms with E-state index in [0.717, 1.165) is 19.3 Å². The Labute approximate surface area is 148 Å². The third kappa shape index (κ3) is 4.05. The van der Waals surface area contributed by atoms with Gasteiger partial charge in [0.2, 0.25) is 10.0 Å². The van der Waals surface area contributed by atoms with Crippen LogP contribution >= 0.6 is 12.4 Å². The van der Waals surface area contributed by atoms with Crippen LogP contribution in [0, 0.1) is 23.0 Å². The molecule has 9 heteroatoms. The van der Waals surface area contributed by atoms with Gasteiger partial charge in [0.1, 0.15) is 0 Å². The predicted molar refractivity (Wildman–Crippen MR) is 94.8 cm³/mol. The molecule has 24 heavy (non-hydrogen) atoms. The standard InChI is InChI=1S/C15H23N3O4S.ClH/c1-11-9-13(6-7-14(11)18(19)20)23(21,22)17-15(10-16)8-4-3-5-12(15)2;/h6-7,9,12,17H,3-5,8,10,16H2,1-2H3;1H. The van der Waals surface area contributed by atoms with E-state index in [1.807, 2.05) is 6.92 Å². The third-order valence-corrected chi connectivity index (χ3v) is 6.38. The number of nitrogens with one attached hydrogen (secondary N) is 1. The summed E-state index contributed by atoms with van der Waals surface area (Å²) in [5.41, 5.74) is 5.47. The summed E-state index contributed by atoms with van der Waals surface area (Å²) < 4.78 is 28.2. The van der Waals surface area contributed by atoms with Gasteiger partial charge < -0.3 is 5.73 Å². The number of aryl methyl sites for hydroxylation is 1. The van der Waals surface area contributed by atoms with E-state index in [1.54, 1.807) is 0 Å². The molecule has 0 heterocycles. The van der Waals surface area contributed by atoms with E-state index in [4.69, 9.17) is 5.73 Å². The van der Waals surface area contributed by atoms with E-state index >= 15 is 0 Å². The van der Waals surface area contributed by atoms with Crippen LogP contribution in [0.2, 0.25) is 0 Å². The van der Waals surface area contributed by atoms with Crippen LogP contribution in [0.15, 0.2) is 23.1 Å². The first-order valence-electron chi connectivity index (χ1n) is 7.71. The Kier molecular flexibility index (Phi) is 6.75. The van der Waals surface area contributed by atoms with Crippen LogP contribution < -0.4 is 10.5 Å². The molecule has 2 unspecified atom stereocenters. The smallest absolute Gasteiger partial charge is 0.272 e. The monoisotopic (exact) mass is 377 g/mol. The number of halogens is 1. The van der Waals surface area contributed by atoms with Crippen molar-refractivity contribution in [2.75, 3.05) is 6.54 Å². The maximum atomic E-state index is 12.7. The van der Waals surface area contributed by atoms with Crippen molar-refractivity contribution >= 4 is 28.1 Å². The average molecular weight is 378 g/mol. The highest BCUT2D eigenvalue weighted by molar-refractivity contribution is 7.89. The number of nitrogens with two attached hydrogens (primary N) is 1. The van der Waals surface area contributed by atoms with E-state index < -0.39 is 20.5 Å². The topological polar surface area (TPSA) is 115 Å². The third-order valence-electron chi connectivity index (χ3n) is 4.83. The van der Waals surface area contributed by atoms with Crippen LogP contribution in [-0.2, 0) is 10.0 Å². The van der Waals surface area contributed by atoms with Crippen molar-refractivity contribution in [2.24, 2.45) is 11.7 Å². The molecule has 0 aliphatic heterocycles. The molecule has 1 aliphatic carbocycles. The van der Waals surface area contributed by atoms with Crippen molar-refractivity contribution in [1.29, 1.82) is 0 Å². The van der Waals surface area contributed by atoms with Crippen LogP contribution in [0.25, 0.3) is 0 Å². The zero-order valence-electron chi connectivity index (χ0n) is 13.8. The van der Waals surface area contributed by atoms with E-state index in [2.05, 4.69) is 4.72 Å².